The van der Waals surface area contributed by atoms with Gasteiger partial charge in [-0.25, -0.2) is 4.98 Å². The van der Waals surface area contributed by atoms with Crippen molar-refractivity contribution in [3.63, 3.8) is 0 Å². The molecule has 1 aromatic heterocycles. The molecule has 0 aliphatic rings. The first-order valence-electron chi connectivity index (χ1n) is 6.22. The molecule has 4 heteroatoms. The van der Waals surface area contributed by atoms with Crippen LogP contribution in [0.2, 0.25) is 0 Å². The van der Waals surface area contributed by atoms with Crippen molar-refractivity contribution in [1.29, 1.82) is 0 Å². The normalized spacial score (nSPS) is 12.6. The summed E-state index contributed by atoms with van der Waals surface area (Å²) in [5.41, 5.74) is 8.37. The number of benzene rings is 1. The molecule has 0 radical (unpaired) electrons. The Balaban J connectivity index is 2.48. The lowest BCUT2D eigenvalue weighted by atomic mass is 9.81. The molecule has 18 heavy (non-hydrogen) atoms. The van der Waals surface area contributed by atoms with Gasteiger partial charge in [0, 0.05) is 10.1 Å². The number of hydrogen-bond donors (Lipinski definition) is 1. The zero-order valence-corrected chi connectivity index (χ0v) is 13.5. The molecule has 0 aliphatic heterocycles. The molecular weight excluding hydrogens is 337 g/mol. The van der Waals surface area contributed by atoms with Gasteiger partial charge in [-0.05, 0) is 52.1 Å². The predicted molar refractivity (Wildman–Crippen MR) is 85.5 cm³/mol. The van der Waals surface area contributed by atoms with Crippen LogP contribution in [-0.2, 0) is 6.54 Å². The van der Waals surface area contributed by atoms with E-state index >= 15 is 0 Å². The number of halogens is 1. The van der Waals surface area contributed by atoms with E-state index in [9.17, 15) is 0 Å². The third-order valence-electron chi connectivity index (χ3n) is 3.87. The number of anilines is 1. The SMILES string of the molecule is CC(C)C(C)(C)Cn1c(N)nc2cc(I)ccc21. The summed E-state index contributed by atoms with van der Waals surface area (Å²) in [6.07, 6.45) is 0. The van der Waals surface area contributed by atoms with Crippen molar-refractivity contribution in [3.05, 3.63) is 21.8 Å². The number of hydrogen-bond acceptors (Lipinski definition) is 2. The Morgan fingerprint density at radius 2 is 2.06 bits per heavy atom. The van der Waals surface area contributed by atoms with E-state index in [4.69, 9.17) is 5.73 Å². The van der Waals surface area contributed by atoms with E-state index in [-0.39, 0.29) is 5.41 Å². The van der Waals surface area contributed by atoms with E-state index in [2.05, 4.69) is 78.0 Å². The maximum absolute atomic E-state index is 6.06. The van der Waals surface area contributed by atoms with Gasteiger partial charge in [0.2, 0.25) is 5.95 Å². The molecule has 98 valence electrons. The largest absolute Gasteiger partial charge is 0.369 e. The molecule has 0 amide bonds. The van der Waals surface area contributed by atoms with Gasteiger partial charge in [0.15, 0.2) is 0 Å². The minimum absolute atomic E-state index is 0.199. The number of rotatable bonds is 3. The molecule has 0 unspecified atom stereocenters. The fourth-order valence-electron chi connectivity index (χ4n) is 1.88. The second-order valence-electron chi connectivity index (χ2n) is 5.83. The Bertz CT molecular complexity index is 570. The summed E-state index contributed by atoms with van der Waals surface area (Å²) in [7, 11) is 0. The van der Waals surface area contributed by atoms with E-state index in [0.717, 1.165) is 17.6 Å². The van der Waals surface area contributed by atoms with Crippen LogP contribution in [-0.4, -0.2) is 9.55 Å². The van der Waals surface area contributed by atoms with Crippen LogP contribution in [0.1, 0.15) is 27.7 Å². The minimum atomic E-state index is 0.199. The molecule has 0 fully saturated rings. The van der Waals surface area contributed by atoms with Gasteiger partial charge < -0.3 is 10.3 Å². The Morgan fingerprint density at radius 1 is 1.39 bits per heavy atom. The van der Waals surface area contributed by atoms with Crippen molar-refractivity contribution in [2.45, 2.75) is 34.2 Å². The molecule has 2 aromatic rings. The number of fused-ring (bicyclic) bond motifs is 1. The van der Waals surface area contributed by atoms with E-state index in [0.29, 0.717) is 11.9 Å². The maximum atomic E-state index is 6.06. The third-order valence-corrected chi connectivity index (χ3v) is 4.54. The second-order valence-corrected chi connectivity index (χ2v) is 7.08. The highest BCUT2D eigenvalue weighted by Crippen LogP contribution is 2.31. The average Bonchev–Trinajstić information content (AvgIpc) is 2.54. The number of nitrogen functional groups attached to an aromatic ring is 1. The monoisotopic (exact) mass is 357 g/mol. The van der Waals surface area contributed by atoms with Crippen molar-refractivity contribution >= 4 is 39.6 Å². The van der Waals surface area contributed by atoms with E-state index in [1.807, 2.05) is 0 Å². The lowest BCUT2D eigenvalue weighted by Crippen LogP contribution is -2.26. The van der Waals surface area contributed by atoms with Crippen LogP contribution in [0.3, 0.4) is 0 Å². The summed E-state index contributed by atoms with van der Waals surface area (Å²) in [5, 5.41) is 0. The highest BCUT2D eigenvalue weighted by Gasteiger charge is 2.24. The van der Waals surface area contributed by atoms with Crippen LogP contribution in [0.5, 0.6) is 0 Å². The first-order chi connectivity index (χ1) is 8.31. The van der Waals surface area contributed by atoms with Crippen LogP contribution in [0, 0.1) is 14.9 Å². The van der Waals surface area contributed by atoms with E-state index in [1.165, 1.54) is 3.57 Å². The lowest BCUT2D eigenvalue weighted by molar-refractivity contribution is 0.214. The summed E-state index contributed by atoms with van der Waals surface area (Å²) in [4.78, 5) is 4.45. The molecular formula is C14H20IN3. The molecule has 0 bridgehead atoms. The molecule has 0 saturated heterocycles. The van der Waals surface area contributed by atoms with Crippen LogP contribution in [0.4, 0.5) is 5.95 Å². The minimum Gasteiger partial charge on any atom is -0.369 e. The first kappa shape index (κ1) is 13.6. The van der Waals surface area contributed by atoms with E-state index in [1.54, 1.807) is 0 Å². The van der Waals surface area contributed by atoms with Crippen LogP contribution < -0.4 is 5.73 Å². The Hall–Kier alpha value is -0.780. The van der Waals surface area contributed by atoms with Crippen molar-refractivity contribution in [3.8, 4) is 0 Å². The number of imidazole rings is 1. The molecule has 2 rings (SSSR count). The van der Waals surface area contributed by atoms with Gasteiger partial charge in [0.25, 0.3) is 0 Å². The summed E-state index contributed by atoms with van der Waals surface area (Å²) >= 11 is 2.30. The lowest BCUT2D eigenvalue weighted by Gasteiger charge is -2.30. The molecule has 1 heterocycles. The van der Waals surface area contributed by atoms with Crippen molar-refractivity contribution in [1.82, 2.24) is 9.55 Å². The average molecular weight is 357 g/mol. The van der Waals surface area contributed by atoms with Crippen LogP contribution in [0.25, 0.3) is 11.0 Å². The van der Waals surface area contributed by atoms with Crippen LogP contribution in [0.15, 0.2) is 18.2 Å². The van der Waals surface area contributed by atoms with Gasteiger partial charge in [-0.15, -0.1) is 0 Å². The molecule has 1 aromatic carbocycles. The van der Waals surface area contributed by atoms with Gasteiger partial charge in [-0.3, -0.25) is 0 Å². The Labute approximate surface area is 122 Å². The maximum Gasteiger partial charge on any atom is 0.201 e. The number of nitrogens with zero attached hydrogens (tertiary/aromatic N) is 2. The van der Waals surface area contributed by atoms with Crippen LogP contribution >= 0.6 is 22.6 Å². The fraction of sp³-hybridized carbons (Fsp3) is 0.500. The molecule has 3 nitrogen and oxygen atoms in total. The second kappa shape index (κ2) is 4.72. The number of nitrogens with two attached hydrogens (primary N) is 1. The predicted octanol–water partition coefficient (Wildman–Crippen LogP) is 3.91. The Kier molecular flexibility index (Phi) is 3.58. The smallest absolute Gasteiger partial charge is 0.201 e. The van der Waals surface area contributed by atoms with Gasteiger partial charge in [-0.2, -0.15) is 0 Å². The van der Waals surface area contributed by atoms with Crippen molar-refractivity contribution in [2.75, 3.05) is 5.73 Å². The summed E-state index contributed by atoms with van der Waals surface area (Å²) < 4.78 is 3.32. The first-order valence-corrected chi connectivity index (χ1v) is 7.30. The zero-order chi connectivity index (χ0) is 13.5. The topological polar surface area (TPSA) is 43.8 Å². The Morgan fingerprint density at radius 3 is 2.67 bits per heavy atom. The van der Waals surface area contributed by atoms with Crippen molar-refractivity contribution in [2.24, 2.45) is 11.3 Å². The van der Waals surface area contributed by atoms with Gasteiger partial charge in [-0.1, -0.05) is 27.7 Å². The van der Waals surface area contributed by atoms with Gasteiger partial charge in [0.1, 0.15) is 0 Å². The standard InChI is InChI=1S/C14H20IN3/c1-9(2)14(3,4)8-18-12-6-5-10(15)7-11(12)17-13(18)16/h5-7,9H,8H2,1-4H3,(H2,16,17). The summed E-state index contributed by atoms with van der Waals surface area (Å²) in [5.74, 6) is 1.21. The van der Waals surface area contributed by atoms with E-state index < -0.39 is 0 Å². The third kappa shape index (κ3) is 2.48. The summed E-state index contributed by atoms with van der Waals surface area (Å²) in [6, 6.07) is 6.28. The quantitative estimate of drug-likeness (QED) is 0.847. The molecule has 2 N–H and O–H groups in total. The van der Waals surface area contributed by atoms with Gasteiger partial charge >= 0.3 is 0 Å². The molecule has 0 atom stereocenters. The highest BCUT2D eigenvalue weighted by molar-refractivity contribution is 14.1. The highest BCUT2D eigenvalue weighted by atomic mass is 127. The summed E-state index contributed by atoms with van der Waals surface area (Å²) in [6.45, 7) is 9.94. The number of aromatic nitrogens is 2. The molecule has 0 saturated carbocycles. The van der Waals surface area contributed by atoms with Gasteiger partial charge in [0.05, 0.1) is 11.0 Å². The molecule has 0 spiro atoms. The molecule has 0 aliphatic carbocycles. The zero-order valence-electron chi connectivity index (χ0n) is 11.4. The fourth-order valence-corrected chi connectivity index (χ4v) is 2.35. The van der Waals surface area contributed by atoms with Crippen molar-refractivity contribution < 1.29 is 0 Å².